The van der Waals surface area contributed by atoms with Gasteiger partial charge in [0.05, 0.1) is 16.7 Å². The predicted octanol–water partition coefficient (Wildman–Crippen LogP) is 4.00. The van der Waals surface area contributed by atoms with Crippen LogP contribution in [0.15, 0.2) is 36.7 Å². The molecule has 1 aromatic heterocycles. The van der Waals surface area contributed by atoms with Crippen molar-refractivity contribution in [2.45, 2.75) is 32.4 Å². The van der Waals surface area contributed by atoms with Gasteiger partial charge in [-0.1, -0.05) is 17.7 Å². The maximum atomic E-state index is 14.3. The molecular weight excluding hydrogens is 343 g/mol. The van der Waals surface area contributed by atoms with Gasteiger partial charge in [-0.25, -0.2) is 4.39 Å². The molecule has 1 aliphatic rings. The highest BCUT2D eigenvalue weighted by Gasteiger charge is 2.27. The van der Waals surface area contributed by atoms with Crippen LogP contribution in [0.2, 0.25) is 5.02 Å². The zero-order valence-corrected chi connectivity index (χ0v) is 14.8. The summed E-state index contributed by atoms with van der Waals surface area (Å²) in [5.74, 6) is -1.02. The number of hydrogen-bond donors (Lipinski definition) is 0. The highest BCUT2D eigenvalue weighted by Crippen LogP contribution is 2.26. The van der Waals surface area contributed by atoms with Gasteiger partial charge in [0.1, 0.15) is 5.82 Å². The fourth-order valence-corrected chi connectivity index (χ4v) is 3.21. The minimum absolute atomic E-state index is 0.0302. The summed E-state index contributed by atoms with van der Waals surface area (Å²) in [6.45, 7) is 3.21. The van der Waals surface area contributed by atoms with Gasteiger partial charge in [-0.3, -0.25) is 9.78 Å². The molecule has 0 N–H and O–H groups in total. The van der Waals surface area contributed by atoms with Crippen molar-refractivity contribution in [1.29, 1.82) is 0 Å². The van der Waals surface area contributed by atoms with E-state index in [1.165, 1.54) is 6.07 Å². The molecule has 1 fully saturated rings. The summed E-state index contributed by atoms with van der Waals surface area (Å²) in [6, 6.07) is 6.53. The summed E-state index contributed by atoms with van der Waals surface area (Å²) in [5, 5.41) is 0.164. The summed E-state index contributed by atoms with van der Waals surface area (Å²) in [5.41, 5.74) is 1.52. The predicted molar refractivity (Wildman–Crippen MR) is 94.1 cm³/mol. The highest BCUT2D eigenvalue weighted by atomic mass is 35.5. The molecule has 1 aliphatic heterocycles. The van der Waals surface area contributed by atoms with Crippen LogP contribution in [0.3, 0.4) is 0 Å². The molecule has 0 bridgehead atoms. The van der Waals surface area contributed by atoms with Crippen molar-refractivity contribution in [3.63, 3.8) is 0 Å². The van der Waals surface area contributed by atoms with Crippen LogP contribution in [0, 0.1) is 12.7 Å². The van der Waals surface area contributed by atoms with Crippen molar-refractivity contribution in [3.8, 4) is 0 Å². The second kappa shape index (κ2) is 7.93. The number of amides is 1. The first kappa shape index (κ1) is 17.8. The molecule has 6 heteroatoms. The Morgan fingerprint density at radius 1 is 1.36 bits per heavy atom. The standard InChI is InChI=1S/C19H20ClFN2O2/c1-13-4-5-16(21)17(18(13)20)19(24)23(12-15-3-2-10-25-15)11-14-6-8-22-9-7-14/h4-9,15H,2-3,10-12H2,1H3. The normalized spacial score (nSPS) is 16.8. The Bertz CT molecular complexity index is 749. The average molecular weight is 363 g/mol. The van der Waals surface area contributed by atoms with Crippen LogP contribution < -0.4 is 0 Å². The maximum absolute atomic E-state index is 14.3. The summed E-state index contributed by atoms with van der Waals surface area (Å²) in [4.78, 5) is 18.7. The third kappa shape index (κ3) is 4.17. The van der Waals surface area contributed by atoms with Gasteiger partial charge in [0.15, 0.2) is 0 Å². The monoisotopic (exact) mass is 362 g/mol. The Morgan fingerprint density at radius 3 is 2.80 bits per heavy atom. The summed E-state index contributed by atoms with van der Waals surface area (Å²) in [7, 11) is 0. The number of pyridine rings is 1. The molecule has 25 heavy (non-hydrogen) atoms. The number of ether oxygens (including phenoxy) is 1. The molecule has 0 radical (unpaired) electrons. The molecule has 1 aromatic carbocycles. The van der Waals surface area contributed by atoms with E-state index in [2.05, 4.69) is 4.98 Å². The van der Waals surface area contributed by atoms with Gasteiger partial charge in [0.25, 0.3) is 5.91 Å². The molecule has 1 unspecified atom stereocenters. The zero-order chi connectivity index (χ0) is 17.8. The molecule has 4 nitrogen and oxygen atoms in total. The van der Waals surface area contributed by atoms with E-state index >= 15 is 0 Å². The first-order chi connectivity index (χ1) is 12.1. The van der Waals surface area contributed by atoms with Gasteiger partial charge in [-0.15, -0.1) is 0 Å². The van der Waals surface area contributed by atoms with Crippen LogP contribution in [0.5, 0.6) is 0 Å². The topological polar surface area (TPSA) is 42.4 Å². The number of halogens is 2. The SMILES string of the molecule is Cc1ccc(F)c(C(=O)N(Cc2ccncc2)CC2CCCO2)c1Cl. The molecule has 1 atom stereocenters. The number of aromatic nitrogens is 1. The lowest BCUT2D eigenvalue weighted by molar-refractivity contribution is 0.0504. The molecule has 1 saturated heterocycles. The maximum Gasteiger partial charge on any atom is 0.258 e. The zero-order valence-electron chi connectivity index (χ0n) is 14.0. The van der Waals surface area contributed by atoms with Crippen molar-refractivity contribution in [2.24, 2.45) is 0 Å². The largest absolute Gasteiger partial charge is 0.376 e. The molecule has 0 saturated carbocycles. The minimum Gasteiger partial charge on any atom is -0.376 e. The van der Waals surface area contributed by atoms with Gasteiger partial charge in [-0.05, 0) is 49.1 Å². The summed E-state index contributed by atoms with van der Waals surface area (Å²) < 4.78 is 20.0. The Hall–Kier alpha value is -1.98. The van der Waals surface area contributed by atoms with E-state index in [-0.39, 0.29) is 16.7 Å². The van der Waals surface area contributed by atoms with E-state index in [9.17, 15) is 9.18 Å². The van der Waals surface area contributed by atoms with Crippen molar-refractivity contribution in [3.05, 3.63) is 64.2 Å². The van der Waals surface area contributed by atoms with Gasteiger partial charge < -0.3 is 9.64 Å². The summed E-state index contributed by atoms with van der Waals surface area (Å²) in [6.07, 6.45) is 5.18. The third-order valence-corrected chi connectivity index (χ3v) is 4.84. The van der Waals surface area contributed by atoms with Gasteiger partial charge in [0.2, 0.25) is 0 Å². The van der Waals surface area contributed by atoms with Crippen molar-refractivity contribution >= 4 is 17.5 Å². The minimum atomic E-state index is -0.604. The first-order valence-corrected chi connectivity index (χ1v) is 8.68. The van der Waals surface area contributed by atoms with Crippen LogP contribution in [-0.2, 0) is 11.3 Å². The van der Waals surface area contributed by atoms with Crippen molar-refractivity contribution in [2.75, 3.05) is 13.2 Å². The van der Waals surface area contributed by atoms with E-state index in [4.69, 9.17) is 16.3 Å². The average Bonchev–Trinajstić information content (AvgIpc) is 3.12. The molecule has 2 aromatic rings. The fourth-order valence-electron chi connectivity index (χ4n) is 2.97. The molecular formula is C19H20ClFN2O2. The van der Waals surface area contributed by atoms with Crippen LogP contribution in [0.4, 0.5) is 4.39 Å². The second-order valence-electron chi connectivity index (χ2n) is 6.23. The smallest absolute Gasteiger partial charge is 0.258 e. The Labute approximate surface area is 151 Å². The van der Waals surface area contributed by atoms with Gasteiger partial charge in [0, 0.05) is 32.1 Å². The van der Waals surface area contributed by atoms with Gasteiger partial charge in [-0.2, -0.15) is 0 Å². The number of carbonyl (C=O) groups excluding carboxylic acids is 1. The second-order valence-corrected chi connectivity index (χ2v) is 6.61. The van der Waals surface area contributed by atoms with E-state index in [1.54, 1.807) is 30.3 Å². The Balaban J connectivity index is 1.90. The van der Waals surface area contributed by atoms with Crippen LogP contribution in [0.25, 0.3) is 0 Å². The van der Waals surface area contributed by atoms with E-state index in [0.29, 0.717) is 25.3 Å². The third-order valence-electron chi connectivity index (χ3n) is 4.36. The van der Waals surface area contributed by atoms with Crippen LogP contribution in [-0.4, -0.2) is 35.0 Å². The highest BCUT2D eigenvalue weighted by molar-refractivity contribution is 6.34. The number of carbonyl (C=O) groups is 1. The first-order valence-electron chi connectivity index (χ1n) is 8.30. The number of rotatable bonds is 5. The van der Waals surface area contributed by atoms with Gasteiger partial charge >= 0.3 is 0 Å². The fraction of sp³-hybridized carbons (Fsp3) is 0.368. The lowest BCUT2D eigenvalue weighted by Gasteiger charge is -2.26. The van der Waals surface area contributed by atoms with Crippen LogP contribution in [0.1, 0.15) is 34.3 Å². The Kier molecular flexibility index (Phi) is 5.66. The number of aryl methyl sites for hydroxylation is 1. The molecule has 132 valence electrons. The summed E-state index contributed by atoms with van der Waals surface area (Å²) >= 11 is 6.23. The number of benzene rings is 1. The quantitative estimate of drug-likeness (QED) is 0.807. The Morgan fingerprint density at radius 2 is 2.12 bits per heavy atom. The van der Waals surface area contributed by atoms with E-state index in [1.807, 2.05) is 12.1 Å². The van der Waals surface area contributed by atoms with Crippen molar-refractivity contribution in [1.82, 2.24) is 9.88 Å². The molecule has 1 amide bonds. The lowest BCUT2D eigenvalue weighted by Crippen LogP contribution is -2.37. The molecule has 2 heterocycles. The van der Waals surface area contributed by atoms with E-state index in [0.717, 1.165) is 18.4 Å². The number of hydrogen-bond acceptors (Lipinski definition) is 3. The lowest BCUT2D eigenvalue weighted by atomic mass is 10.1. The molecule has 3 rings (SSSR count). The van der Waals surface area contributed by atoms with Crippen LogP contribution >= 0.6 is 11.6 Å². The molecule has 0 aliphatic carbocycles. The molecule has 0 spiro atoms. The number of nitrogens with zero attached hydrogens (tertiary/aromatic N) is 2. The van der Waals surface area contributed by atoms with Crippen molar-refractivity contribution < 1.29 is 13.9 Å². The van der Waals surface area contributed by atoms with E-state index < -0.39 is 11.7 Å².